The van der Waals surface area contributed by atoms with Gasteiger partial charge in [0.1, 0.15) is 0 Å². The molecule has 1 atom stereocenters. The predicted molar refractivity (Wildman–Crippen MR) is 74.2 cm³/mol. The summed E-state index contributed by atoms with van der Waals surface area (Å²) in [5.74, 6) is -0.138. The van der Waals surface area contributed by atoms with Crippen LogP contribution in [0, 0.1) is 5.82 Å². The van der Waals surface area contributed by atoms with E-state index >= 15 is 0 Å². The Morgan fingerprint density at radius 2 is 2.32 bits per heavy atom. The molecule has 0 saturated carbocycles. The standard InChI is InChI=1S/C14H21FN2O2/c1-3-5-19-14-8-13(12(16)7-11(14)15)17-4-6-18-10(2)9-17/h7-8,10H,3-6,9,16H2,1-2H3. The molecule has 0 amide bonds. The maximum atomic E-state index is 13.7. The lowest BCUT2D eigenvalue weighted by Crippen LogP contribution is -2.41. The highest BCUT2D eigenvalue weighted by atomic mass is 19.1. The second-order valence-corrected chi connectivity index (χ2v) is 4.82. The third-order valence-corrected chi connectivity index (χ3v) is 3.12. The molecular formula is C14H21FN2O2. The van der Waals surface area contributed by atoms with Gasteiger partial charge in [-0.2, -0.15) is 0 Å². The van der Waals surface area contributed by atoms with Gasteiger partial charge in [-0.05, 0) is 13.3 Å². The molecule has 0 aromatic heterocycles. The number of nitrogens with two attached hydrogens (primary N) is 1. The van der Waals surface area contributed by atoms with E-state index in [0.29, 0.717) is 18.9 Å². The number of ether oxygens (including phenoxy) is 2. The highest BCUT2D eigenvalue weighted by molar-refractivity contribution is 5.70. The molecule has 1 aliphatic rings. The molecule has 4 nitrogen and oxygen atoms in total. The van der Waals surface area contributed by atoms with Gasteiger partial charge in [0.15, 0.2) is 11.6 Å². The number of nitrogens with zero attached hydrogens (tertiary/aromatic N) is 1. The van der Waals surface area contributed by atoms with E-state index in [-0.39, 0.29) is 11.9 Å². The number of hydrogen-bond acceptors (Lipinski definition) is 4. The fourth-order valence-electron chi connectivity index (χ4n) is 2.19. The summed E-state index contributed by atoms with van der Waals surface area (Å²) >= 11 is 0. The van der Waals surface area contributed by atoms with Crippen LogP contribution in [0.15, 0.2) is 12.1 Å². The van der Waals surface area contributed by atoms with Crippen molar-refractivity contribution in [2.75, 3.05) is 36.9 Å². The SMILES string of the molecule is CCCOc1cc(N2CCOC(C)C2)c(N)cc1F. The number of halogens is 1. The van der Waals surface area contributed by atoms with Gasteiger partial charge in [0, 0.05) is 25.2 Å². The summed E-state index contributed by atoms with van der Waals surface area (Å²) in [6.07, 6.45) is 0.992. The van der Waals surface area contributed by atoms with Crippen LogP contribution < -0.4 is 15.4 Å². The monoisotopic (exact) mass is 268 g/mol. The topological polar surface area (TPSA) is 47.7 Å². The fraction of sp³-hybridized carbons (Fsp3) is 0.571. The lowest BCUT2D eigenvalue weighted by molar-refractivity contribution is 0.0532. The van der Waals surface area contributed by atoms with Gasteiger partial charge in [0.2, 0.25) is 0 Å². The summed E-state index contributed by atoms with van der Waals surface area (Å²) in [4.78, 5) is 2.11. The first-order valence-corrected chi connectivity index (χ1v) is 6.70. The number of nitrogen functional groups attached to an aromatic ring is 1. The molecule has 2 rings (SSSR count). The van der Waals surface area contributed by atoms with Crippen molar-refractivity contribution in [3.8, 4) is 5.75 Å². The van der Waals surface area contributed by atoms with Crippen LogP contribution in [0.1, 0.15) is 20.3 Å². The lowest BCUT2D eigenvalue weighted by atomic mass is 10.2. The molecular weight excluding hydrogens is 247 g/mol. The second kappa shape index (κ2) is 6.10. The van der Waals surface area contributed by atoms with Crippen molar-refractivity contribution in [1.29, 1.82) is 0 Å². The third kappa shape index (κ3) is 3.29. The fourth-order valence-corrected chi connectivity index (χ4v) is 2.19. The maximum absolute atomic E-state index is 13.7. The van der Waals surface area contributed by atoms with Crippen LogP contribution in [0.2, 0.25) is 0 Å². The summed E-state index contributed by atoms with van der Waals surface area (Å²) in [5, 5.41) is 0. The smallest absolute Gasteiger partial charge is 0.167 e. The molecule has 1 saturated heterocycles. The zero-order valence-electron chi connectivity index (χ0n) is 11.5. The molecule has 0 bridgehead atoms. The van der Waals surface area contributed by atoms with Crippen molar-refractivity contribution in [1.82, 2.24) is 0 Å². The Balaban J connectivity index is 2.23. The van der Waals surface area contributed by atoms with Gasteiger partial charge in [-0.15, -0.1) is 0 Å². The summed E-state index contributed by atoms with van der Waals surface area (Å²) in [5.41, 5.74) is 7.18. The lowest BCUT2D eigenvalue weighted by Gasteiger charge is -2.33. The average Bonchev–Trinajstić information content (AvgIpc) is 2.38. The van der Waals surface area contributed by atoms with Crippen LogP contribution in [-0.4, -0.2) is 32.4 Å². The Bertz CT molecular complexity index is 440. The molecule has 1 fully saturated rings. The van der Waals surface area contributed by atoms with Crippen LogP contribution >= 0.6 is 0 Å². The molecule has 0 spiro atoms. The molecule has 2 N–H and O–H groups in total. The number of benzene rings is 1. The van der Waals surface area contributed by atoms with E-state index in [2.05, 4.69) is 4.90 Å². The number of hydrogen-bond donors (Lipinski definition) is 1. The van der Waals surface area contributed by atoms with E-state index in [1.165, 1.54) is 6.07 Å². The quantitative estimate of drug-likeness (QED) is 0.852. The minimum atomic E-state index is -0.406. The number of anilines is 2. The van der Waals surface area contributed by atoms with Gasteiger partial charge in [0.25, 0.3) is 0 Å². The molecule has 0 radical (unpaired) electrons. The molecule has 1 heterocycles. The normalized spacial score (nSPS) is 19.5. The molecule has 1 aromatic carbocycles. The zero-order chi connectivity index (χ0) is 13.8. The number of rotatable bonds is 4. The van der Waals surface area contributed by atoms with E-state index in [0.717, 1.165) is 25.2 Å². The van der Waals surface area contributed by atoms with Crippen molar-refractivity contribution in [2.24, 2.45) is 0 Å². The molecule has 1 aromatic rings. The van der Waals surface area contributed by atoms with Crippen LogP contribution in [0.4, 0.5) is 15.8 Å². The first kappa shape index (κ1) is 13.9. The first-order valence-electron chi connectivity index (χ1n) is 6.70. The summed E-state index contributed by atoms with van der Waals surface area (Å²) in [6.45, 7) is 6.67. The van der Waals surface area contributed by atoms with Gasteiger partial charge >= 0.3 is 0 Å². The van der Waals surface area contributed by atoms with Gasteiger partial charge in [0.05, 0.1) is 30.7 Å². The molecule has 1 unspecified atom stereocenters. The van der Waals surface area contributed by atoms with Crippen molar-refractivity contribution < 1.29 is 13.9 Å². The van der Waals surface area contributed by atoms with Gasteiger partial charge in [-0.1, -0.05) is 6.92 Å². The van der Waals surface area contributed by atoms with Crippen molar-refractivity contribution in [3.05, 3.63) is 17.9 Å². The van der Waals surface area contributed by atoms with E-state index in [1.807, 2.05) is 13.8 Å². The molecule has 106 valence electrons. The Kier molecular flexibility index (Phi) is 4.47. The minimum absolute atomic E-state index is 0.151. The van der Waals surface area contributed by atoms with Crippen molar-refractivity contribution in [3.63, 3.8) is 0 Å². The Hall–Kier alpha value is -1.49. The predicted octanol–water partition coefficient (Wildman–Crippen LogP) is 2.42. The molecule has 5 heteroatoms. The van der Waals surface area contributed by atoms with Crippen molar-refractivity contribution in [2.45, 2.75) is 26.4 Å². The van der Waals surface area contributed by atoms with Crippen LogP contribution in [0.25, 0.3) is 0 Å². The van der Waals surface area contributed by atoms with E-state index in [9.17, 15) is 4.39 Å². The van der Waals surface area contributed by atoms with Gasteiger partial charge in [-0.3, -0.25) is 0 Å². The zero-order valence-corrected chi connectivity index (χ0v) is 11.5. The highest BCUT2D eigenvalue weighted by Crippen LogP contribution is 2.32. The van der Waals surface area contributed by atoms with Crippen molar-refractivity contribution >= 4 is 11.4 Å². The summed E-state index contributed by atoms with van der Waals surface area (Å²) in [7, 11) is 0. The average molecular weight is 268 g/mol. The van der Waals surface area contributed by atoms with Crippen LogP contribution in [-0.2, 0) is 4.74 Å². The Morgan fingerprint density at radius 1 is 1.53 bits per heavy atom. The maximum Gasteiger partial charge on any atom is 0.167 e. The second-order valence-electron chi connectivity index (χ2n) is 4.82. The van der Waals surface area contributed by atoms with Crippen LogP contribution in [0.3, 0.4) is 0 Å². The Labute approximate surface area is 113 Å². The Morgan fingerprint density at radius 3 is 3.00 bits per heavy atom. The molecule has 1 aliphatic heterocycles. The minimum Gasteiger partial charge on any atom is -0.490 e. The molecule has 19 heavy (non-hydrogen) atoms. The first-order chi connectivity index (χ1) is 9.11. The van der Waals surface area contributed by atoms with E-state index < -0.39 is 5.82 Å². The summed E-state index contributed by atoms with van der Waals surface area (Å²) < 4.78 is 24.7. The highest BCUT2D eigenvalue weighted by Gasteiger charge is 2.20. The largest absolute Gasteiger partial charge is 0.490 e. The van der Waals surface area contributed by atoms with Gasteiger partial charge in [-0.25, -0.2) is 4.39 Å². The third-order valence-electron chi connectivity index (χ3n) is 3.12. The van der Waals surface area contributed by atoms with Crippen LogP contribution in [0.5, 0.6) is 5.75 Å². The molecule has 0 aliphatic carbocycles. The van der Waals surface area contributed by atoms with E-state index in [4.69, 9.17) is 15.2 Å². The van der Waals surface area contributed by atoms with Gasteiger partial charge < -0.3 is 20.1 Å². The summed E-state index contributed by atoms with van der Waals surface area (Å²) in [6, 6.07) is 3.03. The van der Waals surface area contributed by atoms with E-state index in [1.54, 1.807) is 6.07 Å². The number of morpholine rings is 1.